The Kier molecular flexibility index (Phi) is 2.58. The molecule has 106 valence electrons. The molecule has 0 amide bonds. The molecule has 0 aromatic carbocycles. The number of carboxylic acid groups (broad SMARTS) is 1. The van der Waals surface area contributed by atoms with E-state index in [0.29, 0.717) is 16.6 Å². The summed E-state index contributed by atoms with van der Waals surface area (Å²) >= 11 is 1.24. The molecule has 6 nitrogen and oxygen atoms in total. The van der Waals surface area contributed by atoms with Gasteiger partial charge in [0.1, 0.15) is 16.0 Å². The molecule has 0 bridgehead atoms. The summed E-state index contributed by atoms with van der Waals surface area (Å²) in [7, 11) is 0. The van der Waals surface area contributed by atoms with Crippen molar-refractivity contribution in [2.24, 2.45) is 0 Å². The number of rotatable bonds is 3. The molecule has 3 aromatic heterocycles. The lowest BCUT2D eigenvalue weighted by molar-refractivity contribution is 0.0702. The predicted octanol–water partition coefficient (Wildman–Crippen LogP) is 2.76. The van der Waals surface area contributed by atoms with Crippen molar-refractivity contribution in [1.29, 1.82) is 0 Å². The second-order valence-electron chi connectivity index (χ2n) is 5.22. The van der Waals surface area contributed by atoms with Crippen molar-refractivity contribution in [1.82, 2.24) is 19.7 Å². The summed E-state index contributed by atoms with van der Waals surface area (Å²) in [5.41, 5.74) is 1.84. The van der Waals surface area contributed by atoms with Crippen LogP contribution in [0.5, 0.6) is 0 Å². The van der Waals surface area contributed by atoms with Crippen LogP contribution in [-0.2, 0) is 0 Å². The number of aromatic carboxylic acids is 1. The zero-order chi connectivity index (χ0) is 14.6. The quantitative estimate of drug-likeness (QED) is 0.804. The van der Waals surface area contributed by atoms with Gasteiger partial charge in [-0.3, -0.25) is 0 Å². The van der Waals surface area contributed by atoms with Crippen molar-refractivity contribution in [2.75, 3.05) is 0 Å². The summed E-state index contributed by atoms with van der Waals surface area (Å²) in [6.45, 7) is 1.89. The van der Waals surface area contributed by atoms with Crippen molar-refractivity contribution in [3.63, 3.8) is 0 Å². The van der Waals surface area contributed by atoms with Crippen LogP contribution in [0.25, 0.3) is 16.0 Å². The van der Waals surface area contributed by atoms with Crippen LogP contribution in [-0.4, -0.2) is 30.8 Å². The Balaban J connectivity index is 1.97. The zero-order valence-corrected chi connectivity index (χ0v) is 12.1. The van der Waals surface area contributed by atoms with Gasteiger partial charge in [-0.2, -0.15) is 5.10 Å². The van der Waals surface area contributed by atoms with E-state index in [0.717, 1.165) is 34.4 Å². The van der Waals surface area contributed by atoms with Crippen LogP contribution >= 0.6 is 11.3 Å². The Morgan fingerprint density at radius 3 is 2.86 bits per heavy atom. The van der Waals surface area contributed by atoms with Crippen LogP contribution in [0.15, 0.2) is 18.5 Å². The van der Waals surface area contributed by atoms with E-state index < -0.39 is 5.97 Å². The molecular formula is C14H12N4O2S. The standard InChI is InChI=1S/C14H12N4O2S/c1-7-4-11(16-6-15-7)18-13-9(5-10(21-13)14(19)20)12(17-18)8-2-3-8/h4-6,8H,2-3H2,1H3,(H,19,20). The Morgan fingerprint density at radius 1 is 1.38 bits per heavy atom. The maximum Gasteiger partial charge on any atom is 0.345 e. The van der Waals surface area contributed by atoms with Crippen molar-refractivity contribution >= 4 is 27.5 Å². The summed E-state index contributed by atoms with van der Waals surface area (Å²) in [6.07, 6.45) is 3.74. The fraction of sp³-hybridized carbons (Fsp3) is 0.286. The minimum absolute atomic E-state index is 0.337. The minimum Gasteiger partial charge on any atom is -0.477 e. The van der Waals surface area contributed by atoms with Crippen molar-refractivity contribution in [2.45, 2.75) is 25.7 Å². The molecule has 21 heavy (non-hydrogen) atoms. The molecule has 1 fully saturated rings. The number of aromatic nitrogens is 4. The molecule has 0 aliphatic heterocycles. The number of nitrogens with zero attached hydrogens (tertiary/aromatic N) is 4. The number of aryl methyl sites for hydroxylation is 1. The van der Waals surface area contributed by atoms with Crippen LogP contribution in [0.4, 0.5) is 0 Å². The van der Waals surface area contributed by atoms with Crippen LogP contribution in [0.2, 0.25) is 0 Å². The maximum atomic E-state index is 11.2. The van der Waals surface area contributed by atoms with Gasteiger partial charge in [-0.15, -0.1) is 11.3 Å². The van der Waals surface area contributed by atoms with E-state index in [1.165, 1.54) is 17.7 Å². The topological polar surface area (TPSA) is 80.9 Å². The minimum atomic E-state index is -0.900. The number of carbonyl (C=O) groups is 1. The van der Waals surface area contributed by atoms with E-state index in [2.05, 4.69) is 15.1 Å². The van der Waals surface area contributed by atoms with Gasteiger partial charge in [0.2, 0.25) is 0 Å². The maximum absolute atomic E-state index is 11.2. The molecule has 0 unspecified atom stereocenters. The Morgan fingerprint density at radius 2 is 2.19 bits per heavy atom. The Bertz CT molecular complexity index is 863. The van der Waals surface area contributed by atoms with Gasteiger partial charge in [-0.1, -0.05) is 0 Å². The summed E-state index contributed by atoms with van der Waals surface area (Å²) in [4.78, 5) is 20.7. The molecule has 3 aromatic rings. The number of hydrogen-bond acceptors (Lipinski definition) is 5. The third kappa shape index (κ3) is 2.01. The molecule has 0 radical (unpaired) electrons. The van der Waals surface area contributed by atoms with Gasteiger partial charge >= 0.3 is 5.97 Å². The summed E-state index contributed by atoms with van der Waals surface area (Å²) in [5.74, 6) is 0.231. The summed E-state index contributed by atoms with van der Waals surface area (Å²) < 4.78 is 1.74. The van der Waals surface area contributed by atoms with E-state index in [4.69, 9.17) is 0 Å². The van der Waals surface area contributed by atoms with E-state index in [9.17, 15) is 9.90 Å². The molecule has 1 aliphatic carbocycles. The van der Waals surface area contributed by atoms with Crippen molar-refractivity contribution in [3.05, 3.63) is 34.7 Å². The Hall–Kier alpha value is -2.28. The number of thiophene rings is 1. The van der Waals surface area contributed by atoms with Gasteiger partial charge < -0.3 is 5.11 Å². The average molecular weight is 300 g/mol. The van der Waals surface area contributed by atoms with Gasteiger partial charge in [-0.25, -0.2) is 19.4 Å². The van der Waals surface area contributed by atoms with Gasteiger partial charge in [0, 0.05) is 23.1 Å². The fourth-order valence-electron chi connectivity index (χ4n) is 2.40. The summed E-state index contributed by atoms with van der Waals surface area (Å²) in [5, 5.41) is 14.8. The van der Waals surface area contributed by atoms with E-state index >= 15 is 0 Å². The first-order valence-corrected chi connectivity index (χ1v) is 7.50. The van der Waals surface area contributed by atoms with Crippen LogP contribution in [0.1, 0.15) is 39.8 Å². The lowest BCUT2D eigenvalue weighted by Gasteiger charge is -2.01. The van der Waals surface area contributed by atoms with Gasteiger partial charge in [0.15, 0.2) is 5.82 Å². The number of carboxylic acids is 1. The fourth-order valence-corrected chi connectivity index (χ4v) is 3.37. The first-order chi connectivity index (χ1) is 10.1. The second kappa shape index (κ2) is 4.36. The highest BCUT2D eigenvalue weighted by atomic mass is 32.1. The predicted molar refractivity (Wildman–Crippen MR) is 78.2 cm³/mol. The highest BCUT2D eigenvalue weighted by Gasteiger charge is 2.31. The number of fused-ring (bicyclic) bond motifs is 1. The molecule has 4 rings (SSSR count). The van der Waals surface area contributed by atoms with Crippen molar-refractivity contribution in [3.8, 4) is 5.82 Å². The second-order valence-corrected chi connectivity index (χ2v) is 6.25. The largest absolute Gasteiger partial charge is 0.477 e. The smallest absolute Gasteiger partial charge is 0.345 e. The first kappa shape index (κ1) is 12.5. The van der Waals surface area contributed by atoms with E-state index in [-0.39, 0.29) is 0 Å². The Labute approximate surface area is 124 Å². The monoisotopic (exact) mass is 300 g/mol. The van der Waals surface area contributed by atoms with E-state index in [1.54, 1.807) is 10.7 Å². The average Bonchev–Trinajstić information content (AvgIpc) is 3.08. The summed E-state index contributed by atoms with van der Waals surface area (Å²) in [6, 6.07) is 3.58. The molecule has 3 heterocycles. The highest BCUT2D eigenvalue weighted by Crippen LogP contribution is 2.44. The molecule has 1 saturated carbocycles. The molecule has 1 aliphatic rings. The SMILES string of the molecule is Cc1cc(-n2nc(C3CC3)c3cc(C(=O)O)sc32)ncn1. The molecular weight excluding hydrogens is 288 g/mol. The first-order valence-electron chi connectivity index (χ1n) is 6.68. The number of hydrogen-bond donors (Lipinski definition) is 1. The van der Waals surface area contributed by atoms with Crippen LogP contribution in [0.3, 0.4) is 0 Å². The van der Waals surface area contributed by atoms with Crippen molar-refractivity contribution < 1.29 is 9.90 Å². The lowest BCUT2D eigenvalue weighted by atomic mass is 10.2. The van der Waals surface area contributed by atoms with Gasteiger partial charge in [0.25, 0.3) is 0 Å². The normalized spacial score (nSPS) is 14.7. The molecule has 0 saturated heterocycles. The van der Waals surface area contributed by atoms with E-state index in [1.807, 2.05) is 13.0 Å². The molecule has 7 heteroatoms. The molecule has 0 spiro atoms. The zero-order valence-electron chi connectivity index (χ0n) is 11.3. The van der Waals surface area contributed by atoms with Gasteiger partial charge in [-0.05, 0) is 25.8 Å². The molecule has 1 N–H and O–H groups in total. The highest BCUT2D eigenvalue weighted by molar-refractivity contribution is 7.20. The lowest BCUT2D eigenvalue weighted by Crippen LogP contribution is -2.01. The third-order valence-corrected chi connectivity index (χ3v) is 4.67. The van der Waals surface area contributed by atoms with Crippen LogP contribution in [0, 0.1) is 6.92 Å². The third-order valence-electron chi connectivity index (χ3n) is 3.57. The van der Waals surface area contributed by atoms with Crippen LogP contribution < -0.4 is 0 Å². The molecule has 0 atom stereocenters. The van der Waals surface area contributed by atoms with Gasteiger partial charge in [0.05, 0.1) is 5.69 Å².